The third kappa shape index (κ3) is 2.74. The molecule has 31 heavy (non-hydrogen) atoms. The van der Waals surface area contributed by atoms with Crippen LogP contribution in [0.2, 0.25) is 0 Å². The van der Waals surface area contributed by atoms with E-state index in [-0.39, 0.29) is 23.1 Å². The second-order valence-corrected chi connectivity index (χ2v) is 8.86. The van der Waals surface area contributed by atoms with E-state index in [1.165, 1.54) is 12.0 Å². The molecular weight excluding hydrogens is 384 g/mol. The lowest BCUT2D eigenvalue weighted by Crippen LogP contribution is -2.54. The first-order valence-electron chi connectivity index (χ1n) is 11.1. The minimum atomic E-state index is -0.378. The molecule has 1 saturated carbocycles. The smallest absolute Gasteiger partial charge is 0.180 e. The molecule has 4 nitrogen and oxygen atoms in total. The van der Waals surface area contributed by atoms with Gasteiger partial charge in [0.1, 0.15) is 11.4 Å². The van der Waals surface area contributed by atoms with Gasteiger partial charge in [-0.1, -0.05) is 42.8 Å². The normalized spacial score (nSPS) is 28.8. The van der Waals surface area contributed by atoms with Gasteiger partial charge in [0.2, 0.25) is 0 Å². The average molecular weight is 409 g/mol. The van der Waals surface area contributed by atoms with Crippen LogP contribution in [-0.4, -0.2) is 27.2 Å². The van der Waals surface area contributed by atoms with Gasteiger partial charge in [-0.05, 0) is 66.8 Å². The number of aliphatic imine (C=N–C) groups is 1. The van der Waals surface area contributed by atoms with Crippen molar-refractivity contribution >= 4 is 17.2 Å². The summed E-state index contributed by atoms with van der Waals surface area (Å²) in [7, 11) is 0. The average Bonchev–Trinajstić information content (AvgIpc) is 3.12. The Morgan fingerprint density at radius 2 is 1.77 bits per heavy atom. The third-order valence-corrected chi connectivity index (χ3v) is 7.15. The molecule has 1 N–H and O–H groups in total. The second-order valence-electron chi connectivity index (χ2n) is 8.86. The monoisotopic (exact) mass is 408 g/mol. The number of rotatable bonds is 2. The number of phenols is 1. The van der Waals surface area contributed by atoms with Crippen molar-refractivity contribution in [2.24, 2.45) is 10.9 Å². The summed E-state index contributed by atoms with van der Waals surface area (Å²) in [6.07, 6.45) is 12.0. The van der Waals surface area contributed by atoms with Crippen LogP contribution >= 0.6 is 0 Å². The van der Waals surface area contributed by atoms with Gasteiger partial charge in [0.15, 0.2) is 5.78 Å². The fourth-order valence-electron chi connectivity index (χ4n) is 5.85. The number of carbonyl (C=O) groups is 1. The summed E-state index contributed by atoms with van der Waals surface area (Å²) in [5.41, 5.74) is 4.84. The van der Waals surface area contributed by atoms with Gasteiger partial charge in [0, 0.05) is 23.6 Å². The van der Waals surface area contributed by atoms with E-state index in [1.807, 2.05) is 18.2 Å². The lowest BCUT2D eigenvalue weighted by atomic mass is 9.66. The predicted molar refractivity (Wildman–Crippen MR) is 121 cm³/mol. The molecule has 0 unspecified atom stereocenters. The number of aromatic hydroxyl groups is 1. The van der Waals surface area contributed by atoms with Crippen LogP contribution < -0.4 is 0 Å². The molecule has 4 aliphatic rings. The maximum Gasteiger partial charge on any atom is 0.180 e. The fourth-order valence-corrected chi connectivity index (χ4v) is 5.85. The van der Waals surface area contributed by atoms with Crippen LogP contribution in [0.5, 0.6) is 5.75 Å². The van der Waals surface area contributed by atoms with E-state index < -0.39 is 0 Å². The van der Waals surface area contributed by atoms with Gasteiger partial charge in [0.05, 0.1) is 11.4 Å². The molecule has 0 radical (unpaired) electrons. The molecule has 6 rings (SSSR count). The first kappa shape index (κ1) is 18.4. The Morgan fingerprint density at radius 3 is 2.58 bits per heavy atom. The number of benzene rings is 2. The minimum absolute atomic E-state index is 0.00796. The van der Waals surface area contributed by atoms with Crippen LogP contribution in [0.25, 0.3) is 5.70 Å². The van der Waals surface area contributed by atoms with E-state index in [2.05, 4.69) is 41.3 Å². The Kier molecular flexibility index (Phi) is 4.04. The molecule has 0 aromatic heterocycles. The van der Waals surface area contributed by atoms with Gasteiger partial charge in [-0.3, -0.25) is 9.79 Å². The molecule has 0 saturated heterocycles. The first-order chi connectivity index (χ1) is 15.2. The van der Waals surface area contributed by atoms with Crippen LogP contribution in [0, 0.1) is 5.92 Å². The van der Waals surface area contributed by atoms with Crippen molar-refractivity contribution in [2.75, 3.05) is 0 Å². The fraction of sp³-hybridized carbons (Fsp3) is 0.259. The van der Waals surface area contributed by atoms with Crippen molar-refractivity contribution < 1.29 is 9.90 Å². The van der Waals surface area contributed by atoms with Crippen LogP contribution in [-0.2, 0) is 4.79 Å². The summed E-state index contributed by atoms with van der Waals surface area (Å²) in [6, 6.07) is 18.1. The van der Waals surface area contributed by atoms with Gasteiger partial charge >= 0.3 is 0 Å². The zero-order valence-corrected chi connectivity index (χ0v) is 17.2. The molecule has 3 atom stereocenters. The summed E-state index contributed by atoms with van der Waals surface area (Å²) in [5, 5.41) is 9.86. The quantitative estimate of drug-likeness (QED) is 0.695. The standard InChI is InChI=1S/C27H24N2O2/c30-20-11-9-19(10-12-20)25-17-22(18-6-2-1-3-7-18)23-8-4-5-15-27(23)28-24-14-13-21(31)16-26(24)29(25)27/h1-3,6-7,9-14,16-17,22-23,30H,4-5,8,15H2/t22-,23+,27-/m1/s1. The highest BCUT2D eigenvalue weighted by Gasteiger charge is 2.56. The van der Waals surface area contributed by atoms with Crippen LogP contribution in [0.15, 0.2) is 89.6 Å². The van der Waals surface area contributed by atoms with Gasteiger partial charge in [-0.15, -0.1) is 0 Å². The van der Waals surface area contributed by atoms with Crippen LogP contribution in [0.3, 0.4) is 0 Å². The number of fused-ring (bicyclic) bond motifs is 2. The Hall–Kier alpha value is -3.40. The molecule has 2 aliphatic carbocycles. The largest absolute Gasteiger partial charge is 0.508 e. The number of phenolic OH excluding ortho intramolecular Hbond substituents is 1. The Balaban J connectivity index is 1.61. The zero-order chi connectivity index (χ0) is 21.0. The summed E-state index contributed by atoms with van der Waals surface area (Å²) in [4.78, 5) is 20.0. The maximum absolute atomic E-state index is 12.3. The van der Waals surface area contributed by atoms with E-state index in [9.17, 15) is 9.90 Å². The molecule has 2 aromatic rings. The van der Waals surface area contributed by atoms with Crippen molar-refractivity contribution in [3.63, 3.8) is 0 Å². The first-order valence-corrected chi connectivity index (χ1v) is 11.1. The Bertz CT molecular complexity index is 1170. The molecule has 0 amide bonds. The van der Waals surface area contributed by atoms with E-state index >= 15 is 0 Å². The molecule has 1 fully saturated rings. The third-order valence-electron chi connectivity index (χ3n) is 7.15. The molecule has 4 heteroatoms. The van der Waals surface area contributed by atoms with Gasteiger partial charge in [-0.2, -0.15) is 0 Å². The van der Waals surface area contributed by atoms with Crippen LogP contribution in [0.1, 0.15) is 42.7 Å². The van der Waals surface area contributed by atoms with Gasteiger partial charge < -0.3 is 10.0 Å². The lowest BCUT2D eigenvalue weighted by Gasteiger charge is -2.53. The minimum Gasteiger partial charge on any atom is -0.508 e. The highest BCUT2D eigenvalue weighted by Crippen LogP contribution is 2.57. The number of hydrogen-bond acceptors (Lipinski definition) is 4. The van der Waals surface area contributed by atoms with Gasteiger partial charge in [-0.25, -0.2) is 0 Å². The van der Waals surface area contributed by atoms with E-state index in [1.54, 1.807) is 24.3 Å². The van der Waals surface area contributed by atoms with Crippen molar-refractivity contribution in [1.82, 2.24) is 4.90 Å². The zero-order valence-electron chi connectivity index (χ0n) is 17.2. The van der Waals surface area contributed by atoms with Crippen molar-refractivity contribution in [3.8, 4) is 5.75 Å². The SMILES string of the molecule is O=C1C=CC2=N[C@@]34CCCC[C@H]3[C@@H](c3ccccc3)C=C(c3ccc(O)cc3)N4C2=C1. The molecule has 154 valence electrons. The Labute approximate surface area is 181 Å². The Morgan fingerprint density at radius 1 is 0.968 bits per heavy atom. The molecule has 2 aliphatic heterocycles. The van der Waals surface area contributed by atoms with E-state index in [0.29, 0.717) is 5.92 Å². The van der Waals surface area contributed by atoms with Gasteiger partial charge in [0.25, 0.3) is 0 Å². The predicted octanol–water partition coefficient (Wildman–Crippen LogP) is 5.20. The number of ketones is 1. The highest BCUT2D eigenvalue weighted by atomic mass is 16.3. The van der Waals surface area contributed by atoms with Crippen molar-refractivity contribution in [3.05, 3.63) is 95.7 Å². The highest BCUT2D eigenvalue weighted by molar-refractivity contribution is 6.21. The van der Waals surface area contributed by atoms with Crippen molar-refractivity contribution in [1.29, 1.82) is 0 Å². The number of carbonyl (C=O) groups excluding carboxylic acids is 1. The topological polar surface area (TPSA) is 52.9 Å². The maximum atomic E-state index is 12.3. The summed E-state index contributed by atoms with van der Waals surface area (Å²) in [6.45, 7) is 0. The van der Waals surface area contributed by atoms with Crippen molar-refractivity contribution in [2.45, 2.75) is 37.3 Å². The summed E-state index contributed by atoms with van der Waals surface area (Å²) in [5.74, 6) is 0.838. The van der Waals surface area contributed by atoms with Crippen LogP contribution in [0.4, 0.5) is 0 Å². The molecule has 2 aromatic carbocycles. The number of nitrogens with zero attached hydrogens (tertiary/aromatic N) is 2. The van der Waals surface area contributed by atoms with E-state index in [0.717, 1.165) is 41.9 Å². The number of allylic oxidation sites excluding steroid dienone is 4. The lowest BCUT2D eigenvalue weighted by molar-refractivity contribution is -0.110. The molecule has 2 heterocycles. The van der Waals surface area contributed by atoms with E-state index in [4.69, 9.17) is 4.99 Å². The summed E-state index contributed by atoms with van der Waals surface area (Å²) < 4.78 is 0. The summed E-state index contributed by atoms with van der Waals surface area (Å²) >= 11 is 0. The second kappa shape index (κ2) is 6.81. The molecule has 0 bridgehead atoms. The molecule has 1 spiro atoms. The number of hydrogen-bond donors (Lipinski definition) is 1. The molecular formula is C27H24N2O2.